The standard InChI is InChI=1S/C64H43N5Si/c1-3-21-46(22-4-1)70(47-23-5-2-6-24-47,48-40-38-45(39-41-48)67-56-32-13-7-26-50(56)51-27-8-14-33-57(51)67)49-25-19-20-44(42-49)64-65-62(68-58-34-15-9-28-52(58)53-29-10-16-35-59(53)68)43-63(66-64)69-60-36-17-11-30-54(60)55-31-12-18-37-61(55)69/h1-43H. The van der Waals surface area contributed by atoms with E-state index in [9.17, 15) is 0 Å². The number of hydrogen-bond donors (Lipinski definition) is 0. The van der Waals surface area contributed by atoms with Crippen molar-refractivity contribution in [3.63, 3.8) is 0 Å². The lowest BCUT2D eigenvalue weighted by Gasteiger charge is -2.34. The fourth-order valence-electron chi connectivity index (χ4n) is 11.4. The highest BCUT2D eigenvalue weighted by molar-refractivity contribution is 7.19. The Kier molecular flexibility index (Phi) is 9.15. The molecule has 0 N–H and O–H groups in total. The molecule has 14 aromatic rings. The van der Waals surface area contributed by atoms with Crippen LogP contribution in [0.2, 0.25) is 0 Å². The van der Waals surface area contributed by atoms with Gasteiger partial charge >= 0.3 is 0 Å². The normalized spacial score (nSPS) is 12.0. The van der Waals surface area contributed by atoms with E-state index in [2.05, 4.69) is 275 Å². The van der Waals surface area contributed by atoms with E-state index < -0.39 is 8.07 Å². The number of nitrogens with zero attached hydrogens (tertiary/aromatic N) is 5. The van der Waals surface area contributed by atoms with Gasteiger partial charge < -0.3 is 4.57 Å². The minimum atomic E-state index is -3.03. The van der Waals surface area contributed by atoms with E-state index in [1.165, 1.54) is 64.1 Å². The van der Waals surface area contributed by atoms with Crippen molar-refractivity contribution in [3.8, 4) is 28.7 Å². The van der Waals surface area contributed by atoms with E-state index >= 15 is 0 Å². The molecule has 328 valence electrons. The Morgan fingerprint density at radius 3 is 0.986 bits per heavy atom. The Balaban J connectivity index is 1.02. The second-order valence-corrected chi connectivity index (χ2v) is 21.9. The number of benzene rings is 10. The Bertz CT molecular complexity index is 3970. The van der Waals surface area contributed by atoms with Crippen LogP contribution in [0.5, 0.6) is 0 Å². The third kappa shape index (κ3) is 6.03. The molecular weight excluding hydrogens is 867 g/mol. The molecule has 4 heterocycles. The van der Waals surface area contributed by atoms with Crippen LogP contribution in [-0.4, -0.2) is 31.7 Å². The van der Waals surface area contributed by atoms with Crippen LogP contribution in [0.3, 0.4) is 0 Å². The fraction of sp³-hybridized carbons (Fsp3) is 0. The second-order valence-electron chi connectivity index (χ2n) is 18.1. The molecule has 0 atom stereocenters. The molecule has 4 aromatic heterocycles. The summed E-state index contributed by atoms with van der Waals surface area (Å²) < 4.78 is 7.02. The van der Waals surface area contributed by atoms with E-state index in [0.29, 0.717) is 5.82 Å². The average molecular weight is 910 g/mol. The van der Waals surface area contributed by atoms with Gasteiger partial charge in [0, 0.05) is 49.6 Å². The first-order valence-corrected chi connectivity index (χ1v) is 25.9. The van der Waals surface area contributed by atoms with Gasteiger partial charge in [-0.1, -0.05) is 206 Å². The zero-order valence-electron chi connectivity index (χ0n) is 38.1. The van der Waals surface area contributed by atoms with Crippen molar-refractivity contribution in [1.29, 1.82) is 0 Å². The van der Waals surface area contributed by atoms with Crippen LogP contribution < -0.4 is 20.7 Å². The topological polar surface area (TPSA) is 40.6 Å². The molecule has 10 aromatic carbocycles. The van der Waals surface area contributed by atoms with Gasteiger partial charge in [-0.25, -0.2) is 9.97 Å². The van der Waals surface area contributed by atoms with E-state index in [1.807, 2.05) is 0 Å². The maximum Gasteiger partial charge on any atom is 0.179 e. The van der Waals surface area contributed by atoms with E-state index in [4.69, 9.17) is 9.97 Å². The second kappa shape index (κ2) is 16.0. The third-order valence-electron chi connectivity index (χ3n) is 14.4. The number of fused-ring (bicyclic) bond motifs is 9. The summed E-state index contributed by atoms with van der Waals surface area (Å²) in [5.41, 5.74) is 8.86. The van der Waals surface area contributed by atoms with Gasteiger partial charge in [-0.05, 0) is 69.3 Å². The van der Waals surface area contributed by atoms with Gasteiger partial charge in [-0.3, -0.25) is 9.13 Å². The lowest BCUT2D eigenvalue weighted by Crippen LogP contribution is -2.74. The number of hydrogen-bond acceptors (Lipinski definition) is 2. The van der Waals surface area contributed by atoms with Crippen molar-refractivity contribution in [1.82, 2.24) is 23.7 Å². The lowest BCUT2D eigenvalue weighted by atomic mass is 10.2. The molecule has 5 nitrogen and oxygen atoms in total. The summed E-state index contributed by atoms with van der Waals surface area (Å²) in [6.07, 6.45) is 0. The van der Waals surface area contributed by atoms with E-state index in [0.717, 1.165) is 45.0 Å². The fourth-order valence-corrected chi connectivity index (χ4v) is 16.2. The minimum Gasteiger partial charge on any atom is -0.309 e. The number of aromatic nitrogens is 5. The van der Waals surface area contributed by atoms with E-state index in [1.54, 1.807) is 0 Å². The maximum atomic E-state index is 5.60. The predicted octanol–water partition coefficient (Wildman–Crippen LogP) is 12.8. The molecule has 6 heteroatoms. The Morgan fingerprint density at radius 1 is 0.257 bits per heavy atom. The maximum absolute atomic E-state index is 5.60. The molecule has 0 radical (unpaired) electrons. The molecule has 0 saturated heterocycles. The molecule has 0 aliphatic carbocycles. The Labute approximate surface area is 405 Å². The van der Waals surface area contributed by atoms with Gasteiger partial charge in [-0.2, -0.15) is 0 Å². The lowest BCUT2D eigenvalue weighted by molar-refractivity contribution is 0.994. The Morgan fingerprint density at radius 2 is 0.586 bits per heavy atom. The largest absolute Gasteiger partial charge is 0.309 e. The highest BCUT2D eigenvalue weighted by Crippen LogP contribution is 2.36. The van der Waals surface area contributed by atoms with Crippen LogP contribution in [0, 0.1) is 0 Å². The van der Waals surface area contributed by atoms with E-state index in [-0.39, 0.29) is 0 Å². The van der Waals surface area contributed by atoms with Crippen LogP contribution in [-0.2, 0) is 0 Å². The van der Waals surface area contributed by atoms with Crippen molar-refractivity contribution < 1.29 is 0 Å². The average Bonchev–Trinajstić information content (AvgIpc) is 4.08. The molecule has 0 aliphatic rings. The molecule has 0 saturated carbocycles. The zero-order valence-corrected chi connectivity index (χ0v) is 39.1. The summed E-state index contributed by atoms with van der Waals surface area (Å²) in [5, 5.41) is 12.4. The SMILES string of the molecule is c1ccc([Si](c2ccccc2)(c2ccc(-n3c4ccccc4c4ccccc43)cc2)c2cccc(-c3nc(-n4c5ccccc5c5ccccc54)cc(-n4c5ccccc5c5ccccc54)n3)c2)cc1. The van der Waals surface area contributed by atoms with Crippen LogP contribution >= 0.6 is 0 Å². The summed E-state index contributed by atoms with van der Waals surface area (Å²) in [7, 11) is -3.03. The van der Waals surface area contributed by atoms with Crippen molar-refractivity contribution in [2.45, 2.75) is 0 Å². The summed E-state index contributed by atoms with van der Waals surface area (Å²) in [4.78, 5) is 11.2. The first kappa shape index (κ1) is 40.0. The van der Waals surface area contributed by atoms with Crippen LogP contribution in [0.25, 0.3) is 94.1 Å². The smallest absolute Gasteiger partial charge is 0.179 e. The predicted molar refractivity (Wildman–Crippen MR) is 294 cm³/mol. The van der Waals surface area contributed by atoms with Crippen molar-refractivity contribution in [2.24, 2.45) is 0 Å². The summed E-state index contributed by atoms with van der Waals surface area (Å²) in [5.74, 6) is 2.27. The third-order valence-corrected chi connectivity index (χ3v) is 19.2. The first-order valence-electron chi connectivity index (χ1n) is 23.9. The minimum absolute atomic E-state index is 0.656. The molecular formula is C64H43N5Si. The summed E-state index contributed by atoms with van der Waals surface area (Å²) in [6, 6.07) is 95.0. The highest BCUT2D eigenvalue weighted by Gasteiger charge is 2.41. The first-order chi connectivity index (χ1) is 34.7. The quantitative estimate of drug-likeness (QED) is 0.113. The van der Waals surface area contributed by atoms with Gasteiger partial charge in [0.2, 0.25) is 0 Å². The summed E-state index contributed by atoms with van der Waals surface area (Å²) >= 11 is 0. The molecule has 0 spiro atoms. The van der Waals surface area contributed by atoms with Crippen molar-refractivity contribution >= 4 is 94.2 Å². The summed E-state index contributed by atoms with van der Waals surface area (Å²) in [6.45, 7) is 0. The van der Waals surface area contributed by atoms with Crippen LogP contribution in [0.1, 0.15) is 0 Å². The number of para-hydroxylation sites is 6. The molecule has 0 amide bonds. The van der Waals surface area contributed by atoms with Crippen molar-refractivity contribution in [2.75, 3.05) is 0 Å². The highest BCUT2D eigenvalue weighted by atomic mass is 28.3. The molecule has 70 heavy (non-hydrogen) atoms. The number of rotatable bonds is 8. The van der Waals surface area contributed by atoms with Gasteiger partial charge in [0.1, 0.15) is 11.6 Å². The van der Waals surface area contributed by atoms with Gasteiger partial charge in [0.15, 0.2) is 13.9 Å². The van der Waals surface area contributed by atoms with Gasteiger partial charge in [-0.15, -0.1) is 0 Å². The molecule has 0 bridgehead atoms. The molecule has 0 aliphatic heterocycles. The Hall–Kier alpha value is -9.10. The molecule has 14 rings (SSSR count). The monoisotopic (exact) mass is 909 g/mol. The van der Waals surface area contributed by atoms with Crippen molar-refractivity contribution in [3.05, 3.63) is 261 Å². The molecule has 0 fully saturated rings. The van der Waals surface area contributed by atoms with Crippen LogP contribution in [0.15, 0.2) is 261 Å². The van der Waals surface area contributed by atoms with Gasteiger partial charge in [0.25, 0.3) is 0 Å². The van der Waals surface area contributed by atoms with Gasteiger partial charge in [0.05, 0.1) is 33.1 Å². The zero-order chi connectivity index (χ0) is 46.2. The van der Waals surface area contributed by atoms with Crippen LogP contribution in [0.4, 0.5) is 0 Å². The molecule has 0 unspecified atom stereocenters.